The van der Waals surface area contributed by atoms with E-state index in [4.69, 9.17) is 10.9 Å². The van der Waals surface area contributed by atoms with Gasteiger partial charge in [0.05, 0.1) is 6.04 Å². The number of piperazine rings is 1. The second-order valence-corrected chi connectivity index (χ2v) is 5.33. The molecule has 1 rings (SSSR count). The standard InChI is InChI=1S/C8H18N4O3S.ClH/c1-2-7(9)8(13)11-3-5-12(6-4-11)16(10,14)15;/h7H,2-6,9H2,1H3,(H2,10,14,15);1H/t7-;/m0./s1. The molecule has 0 aromatic carbocycles. The zero-order valence-electron chi connectivity index (χ0n) is 9.70. The Morgan fingerprint density at radius 2 is 1.76 bits per heavy atom. The lowest BCUT2D eigenvalue weighted by Gasteiger charge is -2.34. The van der Waals surface area contributed by atoms with E-state index in [9.17, 15) is 13.2 Å². The normalized spacial score (nSPS) is 19.6. The van der Waals surface area contributed by atoms with Crippen LogP contribution in [0, 0.1) is 0 Å². The molecule has 1 saturated heterocycles. The Hall–Kier alpha value is -0.410. The van der Waals surface area contributed by atoms with E-state index in [1.807, 2.05) is 6.92 Å². The second-order valence-electron chi connectivity index (χ2n) is 3.78. The molecular formula is C8H19ClN4O3S. The van der Waals surface area contributed by atoms with Crippen molar-refractivity contribution in [3.8, 4) is 0 Å². The first-order chi connectivity index (χ1) is 7.36. The van der Waals surface area contributed by atoms with Crippen molar-refractivity contribution in [3.05, 3.63) is 0 Å². The summed E-state index contributed by atoms with van der Waals surface area (Å²) in [5.41, 5.74) is 5.62. The molecule has 0 unspecified atom stereocenters. The van der Waals surface area contributed by atoms with Crippen LogP contribution in [0.4, 0.5) is 0 Å². The molecule has 0 saturated carbocycles. The maximum Gasteiger partial charge on any atom is 0.277 e. The molecule has 1 atom stereocenters. The minimum absolute atomic E-state index is 0. The predicted molar refractivity (Wildman–Crippen MR) is 66.8 cm³/mol. The van der Waals surface area contributed by atoms with E-state index < -0.39 is 16.3 Å². The molecule has 0 aliphatic carbocycles. The van der Waals surface area contributed by atoms with Gasteiger partial charge in [-0.1, -0.05) is 6.92 Å². The Labute approximate surface area is 108 Å². The predicted octanol–water partition coefficient (Wildman–Crippen LogP) is -1.51. The van der Waals surface area contributed by atoms with Crippen molar-refractivity contribution < 1.29 is 13.2 Å². The van der Waals surface area contributed by atoms with Gasteiger partial charge in [-0.2, -0.15) is 12.7 Å². The number of hydrogen-bond acceptors (Lipinski definition) is 4. The van der Waals surface area contributed by atoms with Crippen LogP contribution in [-0.2, 0) is 15.0 Å². The number of carbonyl (C=O) groups is 1. The number of nitrogens with zero attached hydrogens (tertiary/aromatic N) is 2. The summed E-state index contributed by atoms with van der Waals surface area (Å²) < 4.78 is 23.2. The topological polar surface area (TPSA) is 110 Å². The summed E-state index contributed by atoms with van der Waals surface area (Å²) in [6.45, 7) is 3.01. The van der Waals surface area contributed by atoms with E-state index in [2.05, 4.69) is 0 Å². The van der Waals surface area contributed by atoms with Crippen molar-refractivity contribution in [3.63, 3.8) is 0 Å². The average molecular weight is 287 g/mol. The molecule has 0 spiro atoms. The van der Waals surface area contributed by atoms with Gasteiger partial charge in [0.2, 0.25) is 5.91 Å². The van der Waals surface area contributed by atoms with Crippen LogP contribution in [0.3, 0.4) is 0 Å². The molecule has 4 N–H and O–H groups in total. The van der Waals surface area contributed by atoms with Gasteiger partial charge in [-0.25, -0.2) is 5.14 Å². The highest BCUT2D eigenvalue weighted by atomic mass is 35.5. The minimum Gasteiger partial charge on any atom is -0.339 e. The lowest BCUT2D eigenvalue weighted by atomic mass is 10.2. The van der Waals surface area contributed by atoms with Crippen LogP contribution >= 0.6 is 12.4 Å². The monoisotopic (exact) mass is 286 g/mol. The van der Waals surface area contributed by atoms with Gasteiger partial charge in [-0.3, -0.25) is 4.79 Å². The van der Waals surface area contributed by atoms with Gasteiger partial charge >= 0.3 is 0 Å². The Kier molecular flexibility index (Phi) is 6.35. The summed E-state index contributed by atoms with van der Waals surface area (Å²) in [5, 5.41) is 4.99. The Balaban J connectivity index is 0.00000256. The van der Waals surface area contributed by atoms with Gasteiger partial charge in [0.1, 0.15) is 0 Å². The van der Waals surface area contributed by atoms with E-state index in [1.165, 1.54) is 0 Å². The SMILES string of the molecule is CC[C@H](N)C(=O)N1CCN(S(N)(=O)=O)CC1.Cl. The zero-order chi connectivity index (χ0) is 12.3. The lowest BCUT2D eigenvalue weighted by Crippen LogP contribution is -2.55. The lowest BCUT2D eigenvalue weighted by molar-refractivity contribution is -0.133. The van der Waals surface area contributed by atoms with Crippen LogP contribution < -0.4 is 10.9 Å². The molecule has 17 heavy (non-hydrogen) atoms. The van der Waals surface area contributed by atoms with Crippen molar-refractivity contribution in [1.82, 2.24) is 9.21 Å². The fourth-order valence-electron chi connectivity index (χ4n) is 1.57. The molecule has 102 valence electrons. The van der Waals surface area contributed by atoms with Crippen molar-refractivity contribution in [2.24, 2.45) is 10.9 Å². The first kappa shape index (κ1) is 16.6. The maximum absolute atomic E-state index is 11.7. The number of nitrogens with two attached hydrogens (primary N) is 2. The van der Waals surface area contributed by atoms with Crippen LogP contribution in [-0.4, -0.2) is 55.8 Å². The van der Waals surface area contributed by atoms with Gasteiger partial charge in [0, 0.05) is 26.2 Å². The van der Waals surface area contributed by atoms with Crippen molar-refractivity contribution in [2.75, 3.05) is 26.2 Å². The quantitative estimate of drug-likeness (QED) is 0.657. The van der Waals surface area contributed by atoms with Gasteiger partial charge in [0.25, 0.3) is 10.2 Å². The Morgan fingerprint density at radius 1 is 1.29 bits per heavy atom. The molecule has 1 aliphatic rings. The third-order valence-corrected chi connectivity index (χ3v) is 3.75. The highest BCUT2D eigenvalue weighted by Crippen LogP contribution is 2.06. The molecule has 0 bridgehead atoms. The molecule has 1 fully saturated rings. The van der Waals surface area contributed by atoms with Gasteiger partial charge < -0.3 is 10.6 Å². The van der Waals surface area contributed by atoms with Crippen LogP contribution in [0.5, 0.6) is 0 Å². The summed E-state index contributed by atoms with van der Waals surface area (Å²) >= 11 is 0. The van der Waals surface area contributed by atoms with Crippen molar-refractivity contribution >= 4 is 28.5 Å². The Bertz CT molecular complexity index is 354. The summed E-state index contributed by atoms with van der Waals surface area (Å²) in [4.78, 5) is 13.3. The highest BCUT2D eigenvalue weighted by molar-refractivity contribution is 7.86. The van der Waals surface area contributed by atoms with E-state index in [1.54, 1.807) is 4.90 Å². The molecular weight excluding hydrogens is 268 g/mol. The first-order valence-corrected chi connectivity index (χ1v) is 6.68. The fourth-order valence-corrected chi connectivity index (χ4v) is 2.24. The molecule has 0 aromatic rings. The highest BCUT2D eigenvalue weighted by Gasteiger charge is 2.28. The van der Waals surface area contributed by atoms with Crippen molar-refractivity contribution in [1.29, 1.82) is 0 Å². The number of halogens is 1. The van der Waals surface area contributed by atoms with Crippen LogP contribution in [0.2, 0.25) is 0 Å². The number of carbonyl (C=O) groups excluding carboxylic acids is 1. The van der Waals surface area contributed by atoms with Crippen LogP contribution in [0.25, 0.3) is 0 Å². The third-order valence-electron chi connectivity index (χ3n) is 2.67. The van der Waals surface area contributed by atoms with Crippen LogP contribution in [0.1, 0.15) is 13.3 Å². The van der Waals surface area contributed by atoms with Gasteiger partial charge in [0.15, 0.2) is 0 Å². The van der Waals surface area contributed by atoms with Crippen LogP contribution in [0.15, 0.2) is 0 Å². The van der Waals surface area contributed by atoms with E-state index >= 15 is 0 Å². The fraction of sp³-hybridized carbons (Fsp3) is 0.875. The molecule has 9 heteroatoms. The van der Waals surface area contributed by atoms with Crippen molar-refractivity contribution in [2.45, 2.75) is 19.4 Å². The molecule has 7 nitrogen and oxygen atoms in total. The maximum atomic E-state index is 11.7. The third kappa shape index (κ3) is 4.40. The summed E-state index contributed by atoms with van der Waals surface area (Å²) in [7, 11) is -3.64. The molecule has 1 amide bonds. The zero-order valence-corrected chi connectivity index (χ0v) is 11.3. The van der Waals surface area contributed by atoms with E-state index in [0.717, 1.165) is 4.31 Å². The summed E-state index contributed by atoms with van der Waals surface area (Å²) in [6.07, 6.45) is 0.578. The molecule has 1 aliphatic heterocycles. The van der Waals surface area contributed by atoms with E-state index in [0.29, 0.717) is 19.5 Å². The average Bonchev–Trinajstić information content (AvgIpc) is 2.26. The second kappa shape index (κ2) is 6.50. The number of amides is 1. The summed E-state index contributed by atoms with van der Waals surface area (Å²) in [5.74, 6) is -0.128. The molecule has 0 radical (unpaired) electrons. The minimum atomic E-state index is -3.64. The molecule has 0 aromatic heterocycles. The number of hydrogen-bond donors (Lipinski definition) is 2. The Morgan fingerprint density at radius 3 is 2.12 bits per heavy atom. The number of rotatable bonds is 3. The van der Waals surface area contributed by atoms with Gasteiger partial charge in [-0.15, -0.1) is 12.4 Å². The first-order valence-electron chi connectivity index (χ1n) is 5.18. The van der Waals surface area contributed by atoms with Gasteiger partial charge in [-0.05, 0) is 6.42 Å². The molecule has 1 heterocycles. The van der Waals surface area contributed by atoms with E-state index in [-0.39, 0.29) is 31.4 Å². The largest absolute Gasteiger partial charge is 0.339 e. The summed E-state index contributed by atoms with van der Waals surface area (Å²) in [6, 6.07) is -0.499. The smallest absolute Gasteiger partial charge is 0.277 e.